The number of nitrogens with zero attached hydrogens (tertiary/aromatic N) is 5. The Kier molecular flexibility index (Phi) is 7.41. The number of amides is 1. The number of aldehydes is 1. The molecule has 1 aliphatic heterocycles. The van der Waals surface area contributed by atoms with Crippen molar-refractivity contribution in [3.63, 3.8) is 0 Å². The van der Waals surface area contributed by atoms with Gasteiger partial charge in [0.1, 0.15) is 41.5 Å². The largest absolute Gasteiger partial charge is 0.496 e. The minimum absolute atomic E-state index is 0.0988. The van der Waals surface area contributed by atoms with E-state index < -0.39 is 17.5 Å². The number of nitrogen functional groups attached to an aromatic ring is 1. The van der Waals surface area contributed by atoms with Crippen molar-refractivity contribution < 1.29 is 23.1 Å². The normalized spacial score (nSPS) is 14.7. The van der Waals surface area contributed by atoms with Crippen molar-refractivity contribution in [1.29, 1.82) is 0 Å². The van der Waals surface area contributed by atoms with Gasteiger partial charge in [0, 0.05) is 37.2 Å². The summed E-state index contributed by atoms with van der Waals surface area (Å²) in [7, 11) is 1.41. The molecule has 43 heavy (non-hydrogen) atoms. The van der Waals surface area contributed by atoms with Crippen LogP contribution in [0.3, 0.4) is 0 Å². The molecule has 218 valence electrons. The van der Waals surface area contributed by atoms with Crippen molar-refractivity contribution in [3.8, 4) is 22.7 Å². The minimum atomic E-state index is -0.539. The molecule has 0 aliphatic carbocycles. The Bertz CT molecular complexity index is 1840. The van der Waals surface area contributed by atoms with Crippen LogP contribution in [0.4, 0.5) is 20.3 Å². The van der Waals surface area contributed by atoms with E-state index in [-0.39, 0.29) is 29.6 Å². The van der Waals surface area contributed by atoms with Crippen molar-refractivity contribution in [2.24, 2.45) is 5.92 Å². The van der Waals surface area contributed by atoms with E-state index in [1.165, 1.54) is 36.3 Å². The molecular weight excluding hydrogens is 556 g/mol. The second-order valence-electron chi connectivity index (χ2n) is 10.2. The van der Waals surface area contributed by atoms with E-state index in [9.17, 15) is 14.0 Å². The van der Waals surface area contributed by atoms with Gasteiger partial charge in [0.05, 0.1) is 29.4 Å². The molecule has 1 unspecified atom stereocenters. The van der Waals surface area contributed by atoms with E-state index in [0.29, 0.717) is 53.2 Å². The quantitative estimate of drug-likeness (QED) is 0.259. The van der Waals surface area contributed by atoms with Gasteiger partial charge in [0.2, 0.25) is 0 Å². The number of nitrogens with two attached hydrogens (primary N) is 1. The summed E-state index contributed by atoms with van der Waals surface area (Å²) in [5.74, 6) is -1.05. The number of nitrogens with one attached hydrogen (secondary N) is 1. The molecule has 1 amide bonds. The number of benzene rings is 3. The lowest BCUT2D eigenvalue weighted by atomic mass is 10.1. The van der Waals surface area contributed by atoms with E-state index in [0.717, 1.165) is 17.9 Å². The van der Waals surface area contributed by atoms with Crippen LogP contribution in [0.15, 0.2) is 67.0 Å². The maximum atomic E-state index is 15.3. The van der Waals surface area contributed by atoms with E-state index >= 15 is 4.39 Å². The molecule has 12 heteroatoms. The summed E-state index contributed by atoms with van der Waals surface area (Å²) in [5, 5.41) is 8.03. The molecule has 3 N–H and O–H groups in total. The molecule has 5 aromatic rings. The molecule has 0 bridgehead atoms. The first-order valence-electron chi connectivity index (χ1n) is 13.6. The number of aromatic nitrogens is 4. The Hall–Kier alpha value is -5.39. The van der Waals surface area contributed by atoms with Crippen LogP contribution in [0.5, 0.6) is 5.75 Å². The predicted octanol–water partition coefficient (Wildman–Crippen LogP) is 4.31. The van der Waals surface area contributed by atoms with Crippen molar-refractivity contribution in [2.75, 3.05) is 30.8 Å². The zero-order chi connectivity index (χ0) is 30.1. The van der Waals surface area contributed by atoms with Gasteiger partial charge in [0.15, 0.2) is 5.65 Å². The highest BCUT2D eigenvalue weighted by atomic mass is 19.1. The second kappa shape index (κ2) is 11.5. The molecule has 6 rings (SSSR count). The third-order valence-corrected chi connectivity index (χ3v) is 7.51. The maximum Gasteiger partial charge on any atom is 0.255 e. The Morgan fingerprint density at radius 1 is 1.12 bits per heavy atom. The van der Waals surface area contributed by atoms with Gasteiger partial charge >= 0.3 is 0 Å². The standard InChI is InChI=1S/C31H27F2N7O3/c1-43-26-9-6-21(32)12-23(26)31(42)35-14-18-2-4-20(5-3-18)28-27-29(34)36-17-37-30(27)40(38-28)22-7-8-25(24(33)13-22)39-11-10-19(15-39)16-41/h2-9,12-13,16-17,19H,10-11,14-15H2,1H3,(H,35,42)(H2,34,36,37). The van der Waals surface area contributed by atoms with Crippen LogP contribution < -0.4 is 20.7 Å². The summed E-state index contributed by atoms with van der Waals surface area (Å²) < 4.78 is 35.7. The van der Waals surface area contributed by atoms with Gasteiger partial charge in [-0.1, -0.05) is 24.3 Å². The number of anilines is 2. The van der Waals surface area contributed by atoms with E-state index in [2.05, 4.69) is 15.3 Å². The summed E-state index contributed by atoms with van der Waals surface area (Å²) in [4.78, 5) is 34.2. The molecule has 1 atom stereocenters. The average Bonchev–Trinajstić information content (AvgIpc) is 3.66. The fraction of sp³-hybridized carbons (Fsp3) is 0.194. The number of ether oxygens (including phenoxy) is 1. The number of hydrogen-bond donors (Lipinski definition) is 2. The number of fused-ring (bicyclic) bond motifs is 1. The first kappa shape index (κ1) is 27.8. The molecule has 2 aromatic heterocycles. The van der Waals surface area contributed by atoms with Crippen LogP contribution in [0, 0.1) is 17.6 Å². The molecule has 0 radical (unpaired) electrons. The number of carbonyl (C=O) groups is 2. The summed E-state index contributed by atoms with van der Waals surface area (Å²) in [6, 6.07) is 15.9. The molecular formula is C31H27F2N7O3. The Morgan fingerprint density at radius 3 is 2.65 bits per heavy atom. The van der Waals surface area contributed by atoms with Crippen LogP contribution >= 0.6 is 0 Å². The van der Waals surface area contributed by atoms with Crippen LogP contribution in [0.1, 0.15) is 22.3 Å². The van der Waals surface area contributed by atoms with Crippen LogP contribution in [0.25, 0.3) is 28.0 Å². The monoisotopic (exact) mass is 583 g/mol. The van der Waals surface area contributed by atoms with Gasteiger partial charge in [-0.3, -0.25) is 4.79 Å². The lowest BCUT2D eigenvalue weighted by Gasteiger charge is -2.19. The highest BCUT2D eigenvalue weighted by molar-refractivity contribution is 5.99. The Morgan fingerprint density at radius 2 is 1.93 bits per heavy atom. The van der Waals surface area contributed by atoms with Gasteiger partial charge in [-0.05, 0) is 42.3 Å². The minimum Gasteiger partial charge on any atom is -0.496 e. The van der Waals surface area contributed by atoms with Crippen molar-refractivity contribution in [1.82, 2.24) is 25.1 Å². The van der Waals surface area contributed by atoms with Gasteiger partial charge < -0.3 is 25.5 Å². The number of methoxy groups -OCH3 is 1. The lowest BCUT2D eigenvalue weighted by molar-refractivity contribution is -0.110. The predicted molar refractivity (Wildman–Crippen MR) is 157 cm³/mol. The average molecular weight is 584 g/mol. The third kappa shape index (κ3) is 5.34. The first-order chi connectivity index (χ1) is 20.9. The molecule has 3 aromatic carbocycles. The number of rotatable bonds is 8. The molecule has 10 nitrogen and oxygen atoms in total. The van der Waals surface area contributed by atoms with Gasteiger partial charge in [-0.15, -0.1) is 0 Å². The highest BCUT2D eigenvalue weighted by Crippen LogP contribution is 2.33. The topological polar surface area (TPSA) is 128 Å². The van der Waals surface area contributed by atoms with Crippen molar-refractivity contribution in [3.05, 3.63) is 89.8 Å². The summed E-state index contributed by atoms with van der Waals surface area (Å²) in [5.41, 5.74) is 9.65. The highest BCUT2D eigenvalue weighted by Gasteiger charge is 2.25. The maximum absolute atomic E-state index is 15.3. The van der Waals surface area contributed by atoms with E-state index in [4.69, 9.17) is 15.6 Å². The zero-order valence-corrected chi connectivity index (χ0v) is 23.1. The molecule has 1 aliphatic rings. The van der Waals surface area contributed by atoms with Crippen LogP contribution in [-0.4, -0.2) is 52.1 Å². The molecule has 1 saturated heterocycles. The molecule has 0 spiro atoms. The van der Waals surface area contributed by atoms with Gasteiger partial charge in [-0.25, -0.2) is 23.4 Å². The number of hydrogen-bond acceptors (Lipinski definition) is 8. The molecule has 3 heterocycles. The fourth-order valence-electron chi connectivity index (χ4n) is 5.27. The van der Waals surface area contributed by atoms with Crippen molar-refractivity contribution in [2.45, 2.75) is 13.0 Å². The zero-order valence-electron chi connectivity index (χ0n) is 23.1. The SMILES string of the molecule is COc1ccc(F)cc1C(=O)NCc1ccc(-c2nn(-c3ccc(N4CCC(C=O)C4)c(F)c3)c3ncnc(N)c23)cc1. The van der Waals surface area contributed by atoms with Crippen molar-refractivity contribution >= 4 is 34.7 Å². The van der Waals surface area contributed by atoms with Gasteiger partial charge in [-0.2, -0.15) is 5.10 Å². The molecule has 0 saturated carbocycles. The summed E-state index contributed by atoms with van der Waals surface area (Å²) >= 11 is 0. The third-order valence-electron chi connectivity index (χ3n) is 7.51. The van der Waals surface area contributed by atoms with Crippen LogP contribution in [-0.2, 0) is 11.3 Å². The van der Waals surface area contributed by atoms with Gasteiger partial charge in [0.25, 0.3) is 5.91 Å². The first-order valence-corrected chi connectivity index (χ1v) is 13.6. The smallest absolute Gasteiger partial charge is 0.255 e. The second-order valence-corrected chi connectivity index (χ2v) is 10.2. The Balaban J connectivity index is 1.26. The number of halogens is 2. The molecule has 1 fully saturated rings. The summed E-state index contributed by atoms with van der Waals surface area (Å²) in [6.45, 7) is 1.28. The van der Waals surface area contributed by atoms with E-state index in [1.54, 1.807) is 12.1 Å². The summed E-state index contributed by atoms with van der Waals surface area (Å²) in [6.07, 6.45) is 2.94. The fourth-order valence-corrected chi connectivity index (χ4v) is 5.27. The lowest BCUT2D eigenvalue weighted by Crippen LogP contribution is -2.23. The van der Waals surface area contributed by atoms with Crippen LogP contribution in [0.2, 0.25) is 0 Å². The number of carbonyl (C=O) groups excluding carboxylic acids is 2. The Labute approximate surface area is 245 Å². The van der Waals surface area contributed by atoms with E-state index in [1.807, 2.05) is 29.2 Å².